The molecule has 2 N–H and O–H groups in total. The normalized spacial score (nSPS) is 19.0. The summed E-state index contributed by atoms with van der Waals surface area (Å²) in [7, 11) is 0. The SMILES string of the molecule is CC(C)N1C[C@@H](C(=O)N[C@@H](CC(=O)O)c2ccccc2)CC1=O. The average Bonchev–Trinajstić information content (AvgIpc) is 2.89. The Morgan fingerprint density at radius 3 is 2.48 bits per heavy atom. The van der Waals surface area contributed by atoms with Crippen molar-refractivity contribution in [1.29, 1.82) is 0 Å². The van der Waals surface area contributed by atoms with Crippen molar-refractivity contribution in [2.75, 3.05) is 6.54 Å². The Bertz CT molecular complexity index is 586. The Morgan fingerprint density at radius 1 is 1.30 bits per heavy atom. The standard InChI is InChI=1S/C17H22N2O4/c1-11(2)19-10-13(8-15(19)20)17(23)18-14(9-16(21)22)12-6-4-3-5-7-12/h3-7,11,13-14H,8-10H2,1-2H3,(H,18,23)(H,21,22)/t13-,14-/m0/s1. The van der Waals surface area contributed by atoms with E-state index in [9.17, 15) is 14.4 Å². The number of benzene rings is 1. The van der Waals surface area contributed by atoms with Crippen LogP contribution in [0.1, 0.15) is 38.3 Å². The van der Waals surface area contributed by atoms with Crippen LogP contribution in [-0.2, 0) is 14.4 Å². The fraction of sp³-hybridized carbons (Fsp3) is 0.471. The molecule has 124 valence electrons. The highest BCUT2D eigenvalue weighted by Gasteiger charge is 2.36. The molecule has 6 heteroatoms. The molecule has 1 aliphatic heterocycles. The van der Waals surface area contributed by atoms with Gasteiger partial charge in [0.2, 0.25) is 11.8 Å². The number of nitrogens with zero attached hydrogens (tertiary/aromatic N) is 1. The van der Waals surface area contributed by atoms with E-state index in [0.29, 0.717) is 6.54 Å². The zero-order chi connectivity index (χ0) is 17.0. The van der Waals surface area contributed by atoms with Crippen molar-refractivity contribution >= 4 is 17.8 Å². The Hall–Kier alpha value is -2.37. The van der Waals surface area contributed by atoms with Gasteiger partial charge < -0.3 is 15.3 Å². The van der Waals surface area contributed by atoms with Crippen LogP contribution in [0.15, 0.2) is 30.3 Å². The second-order valence-corrected chi connectivity index (χ2v) is 6.11. The number of hydrogen-bond acceptors (Lipinski definition) is 3. The minimum Gasteiger partial charge on any atom is -0.481 e. The summed E-state index contributed by atoms with van der Waals surface area (Å²) in [6.45, 7) is 4.21. The first kappa shape index (κ1) is 17.0. The smallest absolute Gasteiger partial charge is 0.305 e. The molecular weight excluding hydrogens is 296 g/mol. The van der Waals surface area contributed by atoms with Crippen LogP contribution in [0.2, 0.25) is 0 Å². The number of nitrogens with one attached hydrogen (secondary N) is 1. The molecule has 1 saturated heterocycles. The van der Waals surface area contributed by atoms with E-state index in [1.54, 1.807) is 29.2 Å². The fourth-order valence-corrected chi connectivity index (χ4v) is 2.81. The molecule has 0 radical (unpaired) electrons. The van der Waals surface area contributed by atoms with Crippen LogP contribution in [0.4, 0.5) is 0 Å². The third kappa shape index (κ3) is 4.31. The number of carbonyl (C=O) groups excluding carboxylic acids is 2. The molecule has 1 aromatic carbocycles. The maximum Gasteiger partial charge on any atom is 0.305 e. The summed E-state index contributed by atoms with van der Waals surface area (Å²) >= 11 is 0. The summed E-state index contributed by atoms with van der Waals surface area (Å²) in [4.78, 5) is 37.1. The van der Waals surface area contributed by atoms with Crippen LogP contribution in [0.3, 0.4) is 0 Å². The number of rotatable bonds is 6. The average molecular weight is 318 g/mol. The number of carboxylic acid groups (broad SMARTS) is 1. The number of carbonyl (C=O) groups is 3. The molecule has 2 rings (SSSR count). The van der Waals surface area contributed by atoms with Crippen molar-refractivity contribution in [3.63, 3.8) is 0 Å². The zero-order valence-electron chi connectivity index (χ0n) is 13.4. The lowest BCUT2D eigenvalue weighted by molar-refractivity contribution is -0.138. The Morgan fingerprint density at radius 2 is 1.96 bits per heavy atom. The predicted molar refractivity (Wildman–Crippen MR) is 84.5 cm³/mol. The highest BCUT2D eigenvalue weighted by atomic mass is 16.4. The summed E-state index contributed by atoms with van der Waals surface area (Å²) in [5, 5.41) is 11.9. The van der Waals surface area contributed by atoms with Gasteiger partial charge in [-0.1, -0.05) is 30.3 Å². The first-order valence-corrected chi connectivity index (χ1v) is 7.75. The fourth-order valence-electron chi connectivity index (χ4n) is 2.81. The summed E-state index contributed by atoms with van der Waals surface area (Å²) in [5.74, 6) is -1.71. The second kappa shape index (κ2) is 7.26. The molecule has 0 spiro atoms. The molecule has 0 aromatic heterocycles. The molecule has 6 nitrogen and oxygen atoms in total. The molecule has 0 saturated carbocycles. The Kier molecular flexibility index (Phi) is 5.36. The van der Waals surface area contributed by atoms with Crippen molar-refractivity contribution in [2.45, 2.75) is 38.8 Å². The van der Waals surface area contributed by atoms with E-state index in [-0.39, 0.29) is 30.7 Å². The van der Waals surface area contributed by atoms with Crippen LogP contribution in [-0.4, -0.2) is 40.4 Å². The number of amides is 2. The van der Waals surface area contributed by atoms with Crippen molar-refractivity contribution in [1.82, 2.24) is 10.2 Å². The van der Waals surface area contributed by atoms with Gasteiger partial charge in [0.05, 0.1) is 18.4 Å². The number of aliphatic carboxylic acids is 1. The molecule has 0 aliphatic carbocycles. The first-order chi connectivity index (χ1) is 10.9. The van der Waals surface area contributed by atoms with Gasteiger partial charge in [0, 0.05) is 19.0 Å². The topological polar surface area (TPSA) is 86.7 Å². The van der Waals surface area contributed by atoms with Gasteiger partial charge in [-0.15, -0.1) is 0 Å². The maximum atomic E-state index is 12.4. The van der Waals surface area contributed by atoms with Gasteiger partial charge in [-0.25, -0.2) is 0 Å². The minimum absolute atomic E-state index is 0.0327. The number of carboxylic acids is 1. The molecule has 1 fully saturated rings. The van der Waals surface area contributed by atoms with Crippen molar-refractivity contribution < 1.29 is 19.5 Å². The van der Waals surface area contributed by atoms with Crippen LogP contribution in [0.5, 0.6) is 0 Å². The van der Waals surface area contributed by atoms with Gasteiger partial charge in [0.15, 0.2) is 0 Å². The molecule has 1 aliphatic rings. The Labute approximate surface area is 135 Å². The lowest BCUT2D eigenvalue weighted by Crippen LogP contribution is -2.37. The highest BCUT2D eigenvalue weighted by Crippen LogP contribution is 2.23. The molecule has 0 unspecified atom stereocenters. The van der Waals surface area contributed by atoms with Gasteiger partial charge >= 0.3 is 5.97 Å². The Balaban J connectivity index is 2.06. The summed E-state index contributed by atoms with van der Waals surface area (Å²) in [6.07, 6.45) is -0.0110. The van der Waals surface area contributed by atoms with E-state index in [1.165, 1.54) is 0 Å². The highest BCUT2D eigenvalue weighted by molar-refractivity contribution is 5.89. The van der Waals surface area contributed by atoms with Gasteiger partial charge in [-0.05, 0) is 19.4 Å². The summed E-state index contributed by atoms with van der Waals surface area (Å²) in [5.41, 5.74) is 0.744. The molecule has 1 heterocycles. The minimum atomic E-state index is -0.981. The lowest BCUT2D eigenvalue weighted by atomic mass is 10.0. The second-order valence-electron chi connectivity index (χ2n) is 6.11. The van der Waals surface area contributed by atoms with Gasteiger partial charge in [0.25, 0.3) is 0 Å². The monoisotopic (exact) mass is 318 g/mol. The molecule has 2 amide bonds. The van der Waals surface area contributed by atoms with Crippen LogP contribution < -0.4 is 5.32 Å². The van der Waals surface area contributed by atoms with Crippen molar-refractivity contribution in [3.05, 3.63) is 35.9 Å². The summed E-state index contributed by atoms with van der Waals surface area (Å²) < 4.78 is 0. The van der Waals surface area contributed by atoms with E-state index in [0.717, 1.165) is 5.56 Å². The van der Waals surface area contributed by atoms with Crippen LogP contribution in [0, 0.1) is 5.92 Å². The van der Waals surface area contributed by atoms with E-state index >= 15 is 0 Å². The van der Waals surface area contributed by atoms with E-state index < -0.39 is 17.9 Å². The van der Waals surface area contributed by atoms with Gasteiger partial charge in [-0.2, -0.15) is 0 Å². The van der Waals surface area contributed by atoms with Gasteiger partial charge in [-0.3, -0.25) is 14.4 Å². The van der Waals surface area contributed by atoms with E-state index in [4.69, 9.17) is 5.11 Å². The number of hydrogen-bond donors (Lipinski definition) is 2. The molecular formula is C17H22N2O4. The molecule has 0 bridgehead atoms. The lowest BCUT2D eigenvalue weighted by Gasteiger charge is -2.22. The predicted octanol–water partition coefficient (Wildman–Crippen LogP) is 1.58. The van der Waals surface area contributed by atoms with E-state index in [2.05, 4.69) is 5.32 Å². The molecule has 23 heavy (non-hydrogen) atoms. The molecule has 1 aromatic rings. The maximum absolute atomic E-state index is 12.4. The van der Waals surface area contributed by atoms with Crippen molar-refractivity contribution in [2.24, 2.45) is 5.92 Å². The summed E-state index contributed by atoms with van der Waals surface area (Å²) in [6, 6.07) is 8.47. The van der Waals surface area contributed by atoms with Crippen LogP contribution >= 0.6 is 0 Å². The van der Waals surface area contributed by atoms with Crippen LogP contribution in [0.25, 0.3) is 0 Å². The zero-order valence-corrected chi connectivity index (χ0v) is 13.4. The molecule has 2 atom stereocenters. The van der Waals surface area contributed by atoms with E-state index in [1.807, 2.05) is 19.9 Å². The third-order valence-corrected chi connectivity index (χ3v) is 4.05. The quantitative estimate of drug-likeness (QED) is 0.833. The third-order valence-electron chi connectivity index (χ3n) is 4.05. The van der Waals surface area contributed by atoms with Gasteiger partial charge in [0.1, 0.15) is 0 Å². The largest absolute Gasteiger partial charge is 0.481 e. The number of likely N-dealkylation sites (tertiary alicyclic amines) is 1. The first-order valence-electron chi connectivity index (χ1n) is 7.75. The van der Waals surface area contributed by atoms with Crippen molar-refractivity contribution in [3.8, 4) is 0 Å².